The molecule has 0 aromatic heterocycles. The van der Waals surface area contributed by atoms with Crippen molar-refractivity contribution >= 4 is 22.7 Å². The van der Waals surface area contributed by atoms with Crippen LogP contribution in [0.4, 0.5) is 0 Å². The second-order valence-corrected chi connectivity index (χ2v) is 8.73. The molecule has 0 saturated carbocycles. The number of carboxylic acid groups (broad SMARTS) is 1. The minimum absolute atomic E-state index is 0.0819. The number of rotatable bonds is 7. The highest BCUT2D eigenvalue weighted by Gasteiger charge is 2.35. The van der Waals surface area contributed by atoms with Crippen LogP contribution in [0.2, 0.25) is 0 Å². The number of hydrogen-bond donors (Lipinski definition) is 2. The Kier molecular flexibility index (Phi) is 5.77. The molecule has 0 unspecified atom stereocenters. The molecule has 0 heterocycles. The van der Waals surface area contributed by atoms with Gasteiger partial charge in [0, 0.05) is 10.6 Å². The summed E-state index contributed by atoms with van der Waals surface area (Å²) in [5.74, 6) is -1.89. The summed E-state index contributed by atoms with van der Waals surface area (Å²) < 4.78 is 12.4. The predicted octanol–water partition coefficient (Wildman–Crippen LogP) is 3.57. The molecule has 4 rings (SSSR count). The highest BCUT2D eigenvalue weighted by atomic mass is 32.2. The molecule has 1 amide bonds. The molecule has 6 heteroatoms. The molecular formula is C24H21NO4S. The number of carboxylic acids is 1. The third-order valence-electron chi connectivity index (χ3n) is 5.31. The van der Waals surface area contributed by atoms with E-state index in [1.165, 1.54) is 0 Å². The molecule has 0 spiro atoms. The molecule has 152 valence electrons. The second-order valence-electron chi connectivity index (χ2n) is 7.16. The number of benzene rings is 3. The first-order valence-corrected chi connectivity index (χ1v) is 11.0. The van der Waals surface area contributed by atoms with Gasteiger partial charge in [-0.25, -0.2) is 4.79 Å². The first kappa shape index (κ1) is 20.0. The first-order valence-electron chi connectivity index (χ1n) is 9.71. The molecule has 3 aromatic rings. The van der Waals surface area contributed by atoms with Crippen molar-refractivity contribution < 1.29 is 18.9 Å². The maximum Gasteiger partial charge on any atom is 0.326 e. The number of nitrogens with one attached hydrogen (secondary N) is 1. The van der Waals surface area contributed by atoms with Gasteiger partial charge in [0.25, 0.3) is 0 Å². The Morgan fingerprint density at radius 1 is 0.867 bits per heavy atom. The van der Waals surface area contributed by atoms with E-state index >= 15 is 0 Å². The minimum atomic E-state index is -1.32. The topological polar surface area (TPSA) is 83.5 Å². The van der Waals surface area contributed by atoms with Gasteiger partial charge in [-0.3, -0.25) is 9.00 Å². The van der Waals surface area contributed by atoms with E-state index in [4.69, 9.17) is 0 Å². The third-order valence-corrected chi connectivity index (χ3v) is 6.71. The largest absolute Gasteiger partial charge is 0.480 e. The van der Waals surface area contributed by atoms with Crippen LogP contribution in [0.3, 0.4) is 0 Å². The molecule has 3 aromatic carbocycles. The average Bonchev–Trinajstić information content (AvgIpc) is 3.11. The van der Waals surface area contributed by atoms with Gasteiger partial charge in [-0.05, 0) is 40.8 Å². The molecule has 5 nitrogen and oxygen atoms in total. The van der Waals surface area contributed by atoms with Crippen LogP contribution < -0.4 is 5.32 Å². The van der Waals surface area contributed by atoms with E-state index in [2.05, 4.69) is 5.32 Å². The third kappa shape index (κ3) is 3.91. The summed E-state index contributed by atoms with van der Waals surface area (Å²) in [6.45, 7) is 0. The van der Waals surface area contributed by atoms with Crippen molar-refractivity contribution in [2.45, 2.75) is 23.3 Å². The van der Waals surface area contributed by atoms with Crippen LogP contribution >= 0.6 is 0 Å². The number of fused-ring (bicyclic) bond motifs is 3. The predicted molar refractivity (Wildman–Crippen MR) is 116 cm³/mol. The van der Waals surface area contributed by atoms with Gasteiger partial charge in [0.2, 0.25) is 5.91 Å². The van der Waals surface area contributed by atoms with E-state index in [1.54, 1.807) is 24.3 Å². The van der Waals surface area contributed by atoms with Gasteiger partial charge in [0.05, 0.1) is 16.7 Å². The highest BCUT2D eigenvalue weighted by molar-refractivity contribution is 7.85. The second kappa shape index (κ2) is 8.63. The van der Waals surface area contributed by atoms with Crippen molar-refractivity contribution in [1.29, 1.82) is 0 Å². The first-order chi connectivity index (χ1) is 14.6. The number of carbonyl (C=O) groups excluding carboxylic acids is 1. The van der Waals surface area contributed by atoms with Gasteiger partial charge in [-0.2, -0.15) is 0 Å². The van der Waals surface area contributed by atoms with Crippen molar-refractivity contribution in [1.82, 2.24) is 5.32 Å². The van der Waals surface area contributed by atoms with Gasteiger partial charge in [-0.1, -0.05) is 66.7 Å². The fourth-order valence-electron chi connectivity index (χ4n) is 3.87. The Morgan fingerprint density at radius 3 is 1.97 bits per heavy atom. The van der Waals surface area contributed by atoms with Crippen molar-refractivity contribution in [3.05, 3.63) is 90.0 Å². The monoisotopic (exact) mass is 419 g/mol. The Bertz CT molecular complexity index is 1070. The number of carbonyl (C=O) groups is 2. The van der Waals surface area contributed by atoms with Gasteiger partial charge < -0.3 is 10.4 Å². The summed E-state index contributed by atoms with van der Waals surface area (Å²) in [7, 11) is -1.32. The highest BCUT2D eigenvalue weighted by Crippen LogP contribution is 2.44. The zero-order valence-electron chi connectivity index (χ0n) is 16.2. The smallest absolute Gasteiger partial charge is 0.326 e. The van der Waals surface area contributed by atoms with E-state index in [-0.39, 0.29) is 18.1 Å². The van der Waals surface area contributed by atoms with Crippen LogP contribution in [-0.2, 0) is 20.4 Å². The van der Waals surface area contributed by atoms with Crippen LogP contribution in [0, 0.1) is 0 Å². The summed E-state index contributed by atoms with van der Waals surface area (Å²) in [6, 6.07) is 23.2. The fraction of sp³-hybridized carbons (Fsp3) is 0.167. The number of amides is 1. The maximum atomic E-state index is 13.2. The molecule has 0 bridgehead atoms. The van der Waals surface area contributed by atoms with Crippen molar-refractivity contribution in [3.8, 4) is 11.1 Å². The Hall–Kier alpha value is -3.25. The summed E-state index contributed by atoms with van der Waals surface area (Å²) >= 11 is 0. The zero-order valence-corrected chi connectivity index (χ0v) is 17.0. The minimum Gasteiger partial charge on any atom is -0.480 e. The summed E-state index contributed by atoms with van der Waals surface area (Å²) in [5.41, 5.74) is 3.72. The van der Waals surface area contributed by atoms with E-state index < -0.39 is 28.7 Å². The van der Waals surface area contributed by atoms with E-state index in [0.717, 1.165) is 22.3 Å². The Morgan fingerprint density at radius 2 is 1.40 bits per heavy atom. The Balaban J connectivity index is 1.51. The van der Waals surface area contributed by atoms with Gasteiger partial charge >= 0.3 is 5.97 Å². The molecule has 1 aliphatic rings. The van der Waals surface area contributed by atoms with Crippen LogP contribution in [0.25, 0.3) is 11.1 Å². The van der Waals surface area contributed by atoms with E-state index in [0.29, 0.717) is 4.90 Å². The number of hydrogen-bond acceptors (Lipinski definition) is 3. The Labute approximate surface area is 177 Å². The maximum absolute atomic E-state index is 13.2. The van der Waals surface area contributed by atoms with Gasteiger partial charge in [0.1, 0.15) is 6.04 Å². The summed E-state index contributed by atoms with van der Waals surface area (Å²) in [4.78, 5) is 25.6. The molecule has 0 aliphatic heterocycles. The van der Waals surface area contributed by atoms with Crippen molar-refractivity contribution in [2.75, 3.05) is 5.75 Å². The lowest BCUT2D eigenvalue weighted by atomic mass is 9.95. The SMILES string of the molecule is O=C(N[C@@H](CC[S@@](=O)c1ccccc1)C(=O)O)C1c2ccccc2-c2ccccc21. The summed E-state index contributed by atoms with van der Waals surface area (Å²) in [5, 5.41) is 12.3. The zero-order chi connectivity index (χ0) is 21.1. The van der Waals surface area contributed by atoms with Crippen LogP contribution in [0.1, 0.15) is 23.5 Å². The van der Waals surface area contributed by atoms with Gasteiger partial charge in [0.15, 0.2) is 0 Å². The van der Waals surface area contributed by atoms with Crippen LogP contribution in [-0.4, -0.2) is 33.0 Å². The molecule has 0 fully saturated rings. The van der Waals surface area contributed by atoms with Crippen LogP contribution in [0.15, 0.2) is 83.8 Å². The molecule has 0 saturated heterocycles. The molecular weight excluding hydrogens is 398 g/mol. The fourth-order valence-corrected chi connectivity index (χ4v) is 5.01. The van der Waals surface area contributed by atoms with E-state index in [9.17, 15) is 18.9 Å². The van der Waals surface area contributed by atoms with Crippen LogP contribution in [0.5, 0.6) is 0 Å². The lowest BCUT2D eigenvalue weighted by molar-refractivity contribution is -0.141. The lowest BCUT2D eigenvalue weighted by Crippen LogP contribution is -2.43. The number of aliphatic carboxylic acids is 1. The normalized spacial score (nSPS) is 14.4. The van der Waals surface area contributed by atoms with Crippen molar-refractivity contribution in [3.63, 3.8) is 0 Å². The molecule has 30 heavy (non-hydrogen) atoms. The standard InChI is InChI=1S/C24H21NO4S/c26-23(22-19-12-6-4-10-17(19)18-11-5-7-13-20(18)22)25-21(24(27)28)14-15-30(29)16-8-2-1-3-9-16/h1-13,21-22H,14-15H2,(H,25,26)(H,27,28)/t21-,30+/m0/s1. The van der Waals surface area contributed by atoms with E-state index in [1.807, 2.05) is 54.6 Å². The molecule has 0 radical (unpaired) electrons. The van der Waals surface area contributed by atoms with Gasteiger partial charge in [-0.15, -0.1) is 0 Å². The molecule has 1 aliphatic carbocycles. The average molecular weight is 420 g/mol. The summed E-state index contributed by atoms with van der Waals surface area (Å²) in [6.07, 6.45) is 0.0819. The molecule has 2 atom stereocenters. The quantitative estimate of drug-likeness (QED) is 0.613. The molecule has 2 N–H and O–H groups in total. The lowest BCUT2D eigenvalue weighted by Gasteiger charge is -2.19. The van der Waals surface area contributed by atoms with Crippen molar-refractivity contribution in [2.24, 2.45) is 0 Å².